The van der Waals surface area contributed by atoms with Crippen LogP contribution in [0.2, 0.25) is 0 Å². The number of amides is 1. The Morgan fingerprint density at radius 1 is 1.20 bits per heavy atom. The zero-order chi connectivity index (χ0) is 10.9. The molecule has 0 radical (unpaired) electrons. The topological polar surface area (TPSA) is 62.7 Å². The summed E-state index contributed by atoms with van der Waals surface area (Å²) < 4.78 is 4.94. The van der Waals surface area contributed by atoms with Crippen LogP contribution in [0.25, 0.3) is 0 Å². The van der Waals surface area contributed by atoms with E-state index < -0.39 is 6.09 Å². The van der Waals surface area contributed by atoms with E-state index in [0.29, 0.717) is 26.3 Å². The van der Waals surface area contributed by atoms with Crippen molar-refractivity contribution in [3.8, 4) is 0 Å². The summed E-state index contributed by atoms with van der Waals surface area (Å²) in [7, 11) is 0. The molecule has 1 saturated heterocycles. The number of aromatic nitrogens is 1. The molecule has 82 valence electrons. The van der Waals surface area contributed by atoms with Crippen LogP contribution in [0.5, 0.6) is 0 Å². The highest BCUT2D eigenvalue weighted by atomic mass is 16.5. The van der Waals surface area contributed by atoms with Gasteiger partial charge in [-0.2, -0.15) is 0 Å². The number of carboxylic acid groups (broad SMARTS) is 1. The third-order valence-electron chi connectivity index (χ3n) is 1.85. The Morgan fingerprint density at radius 3 is 2.07 bits per heavy atom. The minimum Gasteiger partial charge on any atom is -0.465 e. The lowest BCUT2D eigenvalue weighted by Gasteiger charge is -2.23. The molecular formula is C10H14N2O3. The molecule has 0 unspecified atom stereocenters. The molecule has 0 saturated carbocycles. The Labute approximate surface area is 88.3 Å². The maximum atomic E-state index is 10.2. The summed E-state index contributed by atoms with van der Waals surface area (Å²) in [6.45, 7) is 2.09. The van der Waals surface area contributed by atoms with E-state index in [1.165, 1.54) is 4.90 Å². The smallest absolute Gasteiger partial charge is 0.407 e. The molecule has 1 aliphatic heterocycles. The van der Waals surface area contributed by atoms with Crippen LogP contribution in [0.1, 0.15) is 0 Å². The van der Waals surface area contributed by atoms with Crippen LogP contribution in [-0.2, 0) is 4.74 Å². The standard InChI is InChI=1S/C5H9NO3.C5H5N/c7-5(8)6-1-3-9-4-2-6;1-2-4-6-5-3-1/h1-4H2,(H,7,8);1-5H. The van der Waals surface area contributed by atoms with Gasteiger partial charge in [0.25, 0.3) is 0 Å². The Bertz CT molecular complexity index is 247. The molecule has 1 amide bonds. The average Bonchev–Trinajstić information content (AvgIpc) is 2.33. The average molecular weight is 210 g/mol. The van der Waals surface area contributed by atoms with Crippen LogP contribution in [0.15, 0.2) is 30.6 Å². The van der Waals surface area contributed by atoms with Crippen LogP contribution in [0.4, 0.5) is 4.79 Å². The molecule has 2 rings (SSSR count). The number of hydrogen-bond donors (Lipinski definition) is 1. The SMILES string of the molecule is O=C(O)N1CCOCC1.c1ccncc1. The highest BCUT2D eigenvalue weighted by Gasteiger charge is 2.14. The van der Waals surface area contributed by atoms with Crippen molar-refractivity contribution >= 4 is 6.09 Å². The molecule has 0 aromatic carbocycles. The summed E-state index contributed by atoms with van der Waals surface area (Å²) in [5.41, 5.74) is 0. The summed E-state index contributed by atoms with van der Waals surface area (Å²) in [6, 6.07) is 5.72. The molecule has 0 aliphatic carbocycles. The number of hydrogen-bond acceptors (Lipinski definition) is 3. The first-order valence-electron chi connectivity index (χ1n) is 4.71. The van der Waals surface area contributed by atoms with E-state index in [-0.39, 0.29) is 0 Å². The van der Waals surface area contributed by atoms with Crippen LogP contribution < -0.4 is 0 Å². The zero-order valence-electron chi connectivity index (χ0n) is 8.37. The fraction of sp³-hybridized carbons (Fsp3) is 0.400. The van der Waals surface area contributed by atoms with E-state index in [4.69, 9.17) is 9.84 Å². The van der Waals surface area contributed by atoms with E-state index in [9.17, 15) is 4.79 Å². The van der Waals surface area contributed by atoms with Crippen molar-refractivity contribution in [1.29, 1.82) is 0 Å². The Kier molecular flexibility index (Phi) is 5.18. The van der Waals surface area contributed by atoms with Crippen molar-refractivity contribution in [1.82, 2.24) is 9.88 Å². The van der Waals surface area contributed by atoms with Gasteiger partial charge in [-0.05, 0) is 12.1 Å². The zero-order valence-corrected chi connectivity index (χ0v) is 8.37. The number of carbonyl (C=O) groups is 1. The van der Waals surface area contributed by atoms with Crippen LogP contribution >= 0.6 is 0 Å². The number of nitrogens with zero attached hydrogens (tertiary/aromatic N) is 2. The lowest BCUT2D eigenvalue weighted by atomic mass is 10.5. The van der Waals surface area contributed by atoms with Gasteiger partial charge in [0.2, 0.25) is 0 Å². The minimum absolute atomic E-state index is 0.509. The third kappa shape index (κ3) is 4.97. The van der Waals surface area contributed by atoms with E-state index in [2.05, 4.69) is 4.98 Å². The molecule has 2 heterocycles. The van der Waals surface area contributed by atoms with Gasteiger partial charge in [-0.15, -0.1) is 0 Å². The first-order valence-corrected chi connectivity index (χ1v) is 4.71. The van der Waals surface area contributed by atoms with Gasteiger partial charge < -0.3 is 14.7 Å². The van der Waals surface area contributed by atoms with Gasteiger partial charge in [0.05, 0.1) is 13.2 Å². The Hall–Kier alpha value is -1.62. The fourth-order valence-corrected chi connectivity index (χ4v) is 1.07. The molecule has 0 bridgehead atoms. The van der Waals surface area contributed by atoms with Crippen molar-refractivity contribution in [2.45, 2.75) is 0 Å². The summed E-state index contributed by atoms with van der Waals surface area (Å²) >= 11 is 0. The number of ether oxygens (including phenoxy) is 1. The third-order valence-corrected chi connectivity index (χ3v) is 1.85. The van der Waals surface area contributed by atoms with Crippen molar-refractivity contribution in [3.05, 3.63) is 30.6 Å². The summed E-state index contributed by atoms with van der Waals surface area (Å²) in [5.74, 6) is 0. The molecule has 1 aromatic rings. The van der Waals surface area contributed by atoms with E-state index >= 15 is 0 Å². The monoisotopic (exact) mass is 210 g/mol. The second-order valence-corrected chi connectivity index (χ2v) is 2.91. The van der Waals surface area contributed by atoms with Crippen LogP contribution in [0, 0.1) is 0 Å². The maximum absolute atomic E-state index is 10.2. The van der Waals surface area contributed by atoms with Gasteiger partial charge in [0.1, 0.15) is 0 Å². The molecule has 0 atom stereocenters. The van der Waals surface area contributed by atoms with Gasteiger partial charge in [-0.1, -0.05) is 6.07 Å². The quantitative estimate of drug-likeness (QED) is 0.696. The van der Waals surface area contributed by atoms with Gasteiger partial charge in [0, 0.05) is 25.5 Å². The van der Waals surface area contributed by atoms with E-state index in [1.54, 1.807) is 12.4 Å². The molecule has 1 N–H and O–H groups in total. The van der Waals surface area contributed by atoms with Gasteiger partial charge >= 0.3 is 6.09 Å². The molecule has 0 spiro atoms. The molecule has 1 aromatic heterocycles. The van der Waals surface area contributed by atoms with Crippen LogP contribution in [0.3, 0.4) is 0 Å². The van der Waals surface area contributed by atoms with Crippen LogP contribution in [-0.4, -0.2) is 47.4 Å². The second-order valence-electron chi connectivity index (χ2n) is 2.91. The van der Waals surface area contributed by atoms with E-state index in [1.807, 2.05) is 18.2 Å². The fourth-order valence-electron chi connectivity index (χ4n) is 1.07. The lowest BCUT2D eigenvalue weighted by molar-refractivity contribution is 0.0392. The lowest BCUT2D eigenvalue weighted by Crippen LogP contribution is -2.39. The van der Waals surface area contributed by atoms with Crippen molar-refractivity contribution in [2.75, 3.05) is 26.3 Å². The predicted molar refractivity (Wildman–Crippen MR) is 54.7 cm³/mol. The van der Waals surface area contributed by atoms with Gasteiger partial charge in [0.15, 0.2) is 0 Å². The molecule has 5 nitrogen and oxygen atoms in total. The first kappa shape index (κ1) is 11.5. The predicted octanol–water partition coefficient (Wildman–Crippen LogP) is 1.08. The normalized spacial score (nSPS) is 15.1. The highest BCUT2D eigenvalue weighted by molar-refractivity contribution is 5.64. The Morgan fingerprint density at radius 2 is 1.80 bits per heavy atom. The summed E-state index contributed by atoms with van der Waals surface area (Å²) in [4.78, 5) is 15.4. The number of morpholine rings is 1. The number of rotatable bonds is 0. The van der Waals surface area contributed by atoms with Gasteiger partial charge in [-0.3, -0.25) is 4.98 Å². The molecule has 1 fully saturated rings. The molecular weight excluding hydrogens is 196 g/mol. The van der Waals surface area contributed by atoms with Crippen molar-refractivity contribution in [3.63, 3.8) is 0 Å². The summed E-state index contributed by atoms with van der Waals surface area (Å²) in [5, 5.41) is 8.41. The van der Waals surface area contributed by atoms with Crippen molar-refractivity contribution < 1.29 is 14.6 Å². The molecule has 5 heteroatoms. The second kappa shape index (κ2) is 6.78. The highest BCUT2D eigenvalue weighted by Crippen LogP contribution is 1.95. The Balaban J connectivity index is 0.000000162. The van der Waals surface area contributed by atoms with Crippen molar-refractivity contribution in [2.24, 2.45) is 0 Å². The minimum atomic E-state index is -0.849. The number of pyridine rings is 1. The summed E-state index contributed by atoms with van der Waals surface area (Å²) in [6.07, 6.45) is 2.65. The molecule has 1 aliphatic rings. The largest absolute Gasteiger partial charge is 0.465 e. The maximum Gasteiger partial charge on any atom is 0.407 e. The molecule has 15 heavy (non-hydrogen) atoms. The van der Waals surface area contributed by atoms with Gasteiger partial charge in [-0.25, -0.2) is 4.79 Å². The first-order chi connectivity index (χ1) is 7.30. The van der Waals surface area contributed by atoms with E-state index in [0.717, 1.165) is 0 Å².